The molecule has 1 heterocycles. The van der Waals surface area contributed by atoms with Gasteiger partial charge in [-0.25, -0.2) is 9.18 Å². The van der Waals surface area contributed by atoms with Gasteiger partial charge < -0.3 is 14.3 Å². The average Bonchev–Trinajstić information content (AvgIpc) is 3.26. The fourth-order valence-electron chi connectivity index (χ4n) is 4.04. The van der Waals surface area contributed by atoms with E-state index in [1.807, 2.05) is 49.4 Å². The number of methoxy groups -OCH3 is 1. The van der Waals surface area contributed by atoms with Crippen LogP contribution in [0.25, 0.3) is 28.2 Å². The van der Waals surface area contributed by atoms with Crippen LogP contribution >= 0.6 is 11.6 Å². The second kappa shape index (κ2) is 9.98. The number of benzene rings is 3. The van der Waals surface area contributed by atoms with Gasteiger partial charge in [0.1, 0.15) is 5.82 Å². The molecule has 1 N–H and O–H groups in total. The summed E-state index contributed by atoms with van der Waals surface area (Å²) >= 11 is 6.48. The van der Waals surface area contributed by atoms with Crippen LogP contribution in [0.4, 0.5) is 4.39 Å². The number of carbonyl (C=O) groups is 1. The quantitative estimate of drug-likeness (QED) is 0.219. The molecule has 0 saturated carbocycles. The molecule has 0 radical (unpaired) electrons. The minimum atomic E-state index is -1.01. The molecule has 0 unspecified atom stereocenters. The van der Waals surface area contributed by atoms with Crippen molar-refractivity contribution in [3.05, 3.63) is 106 Å². The van der Waals surface area contributed by atoms with Crippen molar-refractivity contribution < 1.29 is 23.4 Å². The van der Waals surface area contributed by atoms with Crippen LogP contribution < -0.4 is 4.74 Å². The zero-order valence-corrected chi connectivity index (χ0v) is 19.4. The lowest BCUT2D eigenvalue weighted by atomic mass is 9.87. The minimum absolute atomic E-state index is 0.320. The van der Waals surface area contributed by atoms with Crippen molar-refractivity contribution >= 4 is 45.8 Å². The van der Waals surface area contributed by atoms with E-state index in [1.165, 1.54) is 18.2 Å². The van der Waals surface area contributed by atoms with Gasteiger partial charge in [0.25, 0.3) is 0 Å². The molecule has 0 atom stereocenters. The predicted molar refractivity (Wildman–Crippen MR) is 133 cm³/mol. The van der Waals surface area contributed by atoms with Crippen LogP contribution in [-0.2, 0) is 4.79 Å². The van der Waals surface area contributed by atoms with Crippen molar-refractivity contribution in [3.63, 3.8) is 0 Å². The van der Waals surface area contributed by atoms with E-state index in [4.69, 9.17) is 25.9 Å². The molecule has 34 heavy (non-hydrogen) atoms. The smallest absolute Gasteiger partial charge is 0.328 e. The Morgan fingerprint density at radius 2 is 1.88 bits per heavy atom. The number of para-hydroxylation sites is 1. The monoisotopic (exact) mass is 476 g/mol. The van der Waals surface area contributed by atoms with Crippen LogP contribution in [0.15, 0.2) is 77.4 Å². The summed E-state index contributed by atoms with van der Waals surface area (Å²) in [6, 6.07) is 17.6. The summed E-state index contributed by atoms with van der Waals surface area (Å²) in [6.45, 7) is 2.02. The normalized spacial score (nSPS) is 12.2. The number of ether oxygens (including phenoxy) is 1. The summed E-state index contributed by atoms with van der Waals surface area (Å²) in [6.07, 6.45) is 4.94. The third-order valence-corrected chi connectivity index (χ3v) is 5.89. The van der Waals surface area contributed by atoms with Gasteiger partial charge in [-0.05, 0) is 58.5 Å². The van der Waals surface area contributed by atoms with Crippen molar-refractivity contribution in [2.45, 2.75) is 13.3 Å². The third kappa shape index (κ3) is 4.61. The van der Waals surface area contributed by atoms with Gasteiger partial charge in [0, 0.05) is 17.0 Å². The molecule has 0 saturated heterocycles. The molecule has 4 nitrogen and oxygen atoms in total. The van der Waals surface area contributed by atoms with E-state index in [-0.39, 0.29) is 0 Å². The average molecular weight is 477 g/mol. The van der Waals surface area contributed by atoms with E-state index in [9.17, 15) is 9.18 Å². The molecular formula is C28H22ClFO4. The summed E-state index contributed by atoms with van der Waals surface area (Å²) in [5.74, 6) is -0.795. The maximum atomic E-state index is 13.8. The second-order valence-corrected chi connectivity index (χ2v) is 8.02. The van der Waals surface area contributed by atoms with Crippen molar-refractivity contribution in [3.8, 4) is 5.75 Å². The SMILES string of the molecule is CC/C(=C(/c1ccc(/C=C/C(=O)O)cc1)c1coc2c(OC)cccc12)c1ccc(F)cc1Cl. The highest BCUT2D eigenvalue weighted by molar-refractivity contribution is 6.32. The van der Waals surface area contributed by atoms with Crippen LogP contribution in [-0.4, -0.2) is 18.2 Å². The van der Waals surface area contributed by atoms with Gasteiger partial charge in [0.15, 0.2) is 11.3 Å². The second-order valence-electron chi connectivity index (χ2n) is 7.61. The molecule has 0 fully saturated rings. The summed E-state index contributed by atoms with van der Waals surface area (Å²) in [4.78, 5) is 10.9. The molecule has 0 aliphatic carbocycles. The molecule has 172 valence electrons. The van der Waals surface area contributed by atoms with Crippen molar-refractivity contribution in [2.24, 2.45) is 0 Å². The minimum Gasteiger partial charge on any atom is -0.493 e. The summed E-state index contributed by atoms with van der Waals surface area (Å²) in [5, 5.41) is 10.1. The molecular weight excluding hydrogens is 455 g/mol. The molecule has 6 heteroatoms. The highest BCUT2D eigenvalue weighted by Gasteiger charge is 2.20. The Bertz CT molecular complexity index is 1410. The van der Waals surface area contributed by atoms with Gasteiger partial charge in [-0.3, -0.25) is 0 Å². The van der Waals surface area contributed by atoms with Gasteiger partial charge in [-0.1, -0.05) is 61.0 Å². The van der Waals surface area contributed by atoms with E-state index in [0.717, 1.165) is 44.9 Å². The highest BCUT2D eigenvalue weighted by atomic mass is 35.5. The van der Waals surface area contributed by atoms with Crippen molar-refractivity contribution in [1.29, 1.82) is 0 Å². The number of aliphatic carboxylic acids is 1. The first kappa shape index (κ1) is 23.3. The van der Waals surface area contributed by atoms with Crippen molar-refractivity contribution in [2.75, 3.05) is 7.11 Å². The summed E-state index contributed by atoms with van der Waals surface area (Å²) < 4.78 is 25.2. The maximum Gasteiger partial charge on any atom is 0.328 e. The number of carboxylic acid groups (broad SMARTS) is 1. The number of fused-ring (bicyclic) bond motifs is 1. The third-order valence-electron chi connectivity index (χ3n) is 5.58. The number of hydrogen-bond acceptors (Lipinski definition) is 3. The van der Waals surface area contributed by atoms with E-state index in [2.05, 4.69) is 0 Å². The first-order valence-corrected chi connectivity index (χ1v) is 11.0. The van der Waals surface area contributed by atoms with Gasteiger partial charge in [0.2, 0.25) is 0 Å². The van der Waals surface area contributed by atoms with Crippen LogP contribution in [0.2, 0.25) is 5.02 Å². The number of halogens is 2. The fourth-order valence-corrected chi connectivity index (χ4v) is 4.32. The molecule has 0 spiro atoms. The molecule has 1 aromatic heterocycles. The van der Waals surface area contributed by atoms with E-state index >= 15 is 0 Å². The molecule has 0 aliphatic rings. The van der Waals surface area contributed by atoms with Gasteiger partial charge in [-0.15, -0.1) is 0 Å². The lowest BCUT2D eigenvalue weighted by molar-refractivity contribution is -0.131. The number of allylic oxidation sites excluding steroid dienone is 1. The van der Waals surface area contributed by atoms with Crippen LogP contribution in [0, 0.1) is 5.82 Å². The largest absolute Gasteiger partial charge is 0.493 e. The first-order chi connectivity index (χ1) is 16.4. The fraction of sp³-hybridized carbons (Fsp3) is 0.107. The highest BCUT2D eigenvalue weighted by Crippen LogP contribution is 2.42. The number of furan rings is 1. The van der Waals surface area contributed by atoms with Crippen LogP contribution in [0.1, 0.15) is 35.6 Å². The van der Waals surface area contributed by atoms with E-state index in [1.54, 1.807) is 19.4 Å². The lowest BCUT2D eigenvalue weighted by Gasteiger charge is -2.16. The Morgan fingerprint density at radius 3 is 2.53 bits per heavy atom. The molecule has 0 amide bonds. The first-order valence-electron chi connectivity index (χ1n) is 10.7. The number of rotatable bonds is 7. The number of carboxylic acids is 1. The zero-order chi connectivity index (χ0) is 24.2. The Kier molecular flexibility index (Phi) is 6.85. The Labute approximate surface area is 201 Å². The number of hydrogen-bond donors (Lipinski definition) is 1. The van der Waals surface area contributed by atoms with Gasteiger partial charge in [-0.2, -0.15) is 0 Å². The summed E-state index contributed by atoms with van der Waals surface area (Å²) in [5.41, 5.74) is 5.64. The predicted octanol–water partition coefficient (Wildman–Crippen LogP) is 7.70. The molecule has 0 aliphatic heterocycles. The molecule has 0 bridgehead atoms. The standard InChI is InChI=1S/C28H22ClFO4/c1-3-20(21-13-12-19(30)15-24(21)29)27(18-10-7-17(8-11-18)9-14-26(31)32)23-16-34-28-22(23)5-4-6-25(28)33-2/h4-16H,3H2,1-2H3,(H,31,32)/b14-9+,27-20+. The topological polar surface area (TPSA) is 59.7 Å². The van der Waals surface area contributed by atoms with Crippen molar-refractivity contribution in [1.82, 2.24) is 0 Å². The molecule has 4 aromatic rings. The van der Waals surface area contributed by atoms with Crippen LogP contribution in [0.3, 0.4) is 0 Å². The van der Waals surface area contributed by atoms with E-state index < -0.39 is 11.8 Å². The lowest BCUT2D eigenvalue weighted by Crippen LogP contribution is -1.96. The molecule has 4 rings (SSSR count). The van der Waals surface area contributed by atoms with E-state index in [0.29, 0.717) is 22.8 Å². The molecule has 3 aromatic carbocycles. The Balaban J connectivity index is 1.99. The zero-order valence-electron chi connectivity index (χ0n) is 18.6. The van der Waals surface area contributed by atoms with Gasteiger partial charge in [0.05, 0.1) is 18.4 Å². The van der Waals surface area contributed by atoms with Crippen LogP contribution in [0.5, 0.6) is 5.75 Å². The maximum absolute atomic E-state index is 13.8. The Morgan fingerprint density at radius 1 is 1.12 bits per heavy atom. The summed E-state index contributed by atoms with van der Waals surface area (Å²) in [7, 11) is 1.59. The van der Waals surface area contributed by atoms with Gasteiger partial charge >= 0.3 is 5.97 Å². The Hall–Kier alpha value is -3.83.